The molecule has 0 aliphatic rings. The van der Waals surface area contributed by atoms with Crippen LogP contribution in [0.1, 0.15) is 27.2 Å². The molecule has 1 amide bonds. The number of halogens is 1. The minimum Gasteiger partial charge on any atom is -0.382 e. The third kappa shape index (κ3) is 3.71. The van der Waals surface area contributed by atoms with Crippen LogP contribution in [0, 0.1) is 13.8 Å². The zero-order chi connectivity index (χ0) is 18.0. The second kappa shape index (κ2) is 7.06. The van der Waals surface area contributed by atoms with E-state index >= 15 is 0 Å². The van der Waals surface area contributed by atoms with Crippen LogP contribution in [0.25, 0.3) is 0 Å². The summed E-state index contributed by atoms with van der Waals surface area (Å²) in [5.41, 5.74) is 10.1. The van der Waals surface area contributed by atoms with Crippen molar-refractivity contribution in [1.29, 1.82) is 0 Å². The summed E-state index contributed by atoms with van der Waals surface area (Å²) in [5, 5.41) is 10.8. The summed E-state index contributed by atoms with van der Waals surface area (Å²) in [5.74, 6) is -0.126. The van der Waals surface area contributed by atoms with Gasteiger partial charge in [0.2, 0.25) is 0 Å². The summed E-state index contributed by atoms with van der Waals surface area (Å²) in [7, 11) is 0. The zero-order valence-corrected chi connectivity index (χ0v) is 15.5. The first-order valence-corrected chi connectivity index (χ1v) is 8.56. The number of nitrogens with zero attached hydrogens (tertiary/aromatic N) is 3. The Morgan fingerprint density at radius 1 is 1.20 bits per heavy atom. The van der Waals surface area contributed by atoms with Crippen molar-refractivity contribution < 1.29 is 4.79 Å². The predicted octanol–water partition coefficient (Wildman–Crippen LogP) is 3.54. The van der Waals surface area contributed by atoms with Gasteiger partial charge in [0, 0.05) is 10.2 Å². The molecule has 0 unspecified atom stereocenters. The topological polar surface area (TPSA) is 85.8 Å². The lowest BCUT2D eigenvalue weighted by molar-refractivity contribution is 0.102. The van der Waals surface area contributed by atoms with Gasteiger partial charge in [0.25, 0.3) is 5.91 Å². The highest BCUT2D eigenvalue weighted by Crippen LogP contribution is 2.20. The number of rotatable bonds is 4. The number of aromatic nitrogens is 3. The molecular formula is C18H18BrN5O. The van der Waals surface area contributed by atoms with Gasteiger partial charge in [0.1, 0.15) is 0 Å². The monoisotopic (exact) mass is 399 g/mol. The number of anilines is 2. The summed E-state index contributed by atoms with van der Waals surface area (Å²) < 4.78 is 2.51. The largest absolute Gasteiger partial charge is 0.382 e. The molecule has 3 rings (SSSR count). The van der Waals surface area contributed by atoms with E-state index in [1.807, 2.05) is 56.3 Å². The van der Waals surface area contributed by atoms with Gasteiger partial charge in [-0.2, -0.15) is 0 Å². The molecule has 3 aromatic rings. The Labute approximate surface area is 154 Å². The standard InChI is InChI=1S/C18H18BrN5O/c1-11-4-3-5-15(12(11)2)21-18(25)16-17(20)24(23-22-16)10-13-6-8-14(19)9-7-13/h3-9H,10,20H2,1-2H3,(H,21,25). The lowest BCUT2D eigenvalue weighted by Crippen LogP contribution is -2.16. The lowest BCUT2D eigenvalue weighted by atomic mass is 10.1. The fraction of sp³-hybridized carbons (Fsp3) is 0.167. The van der Waals surface area contributed by atoms with Crippen molar-refractivity contribution in [2.75, 3.05) is 11.1 Å². The van der Waals surface area contributed by atoms with Gasteiger partial charge in [-0.25, -0.2) is 4.68 Å². The Hall–Kier alpha value is -2.67. The van der Waals surface area contributed by atoms with E-state index < -0.39 is 0 Å². The van der Waals surface area contributed by atoms with Gasteiger partial charge in [-0.15, -0.1) is 5.10 Å². The third-order valence-corrected chi connectivity index (χ3v) is 4.62. The van der Waals surface area contributed by atoms with Gasteiger partial charge in [0.05, 0.1) is 6.54 Å². The highest BCUT2D eigenvalue weighted by atomic mass is 79.9. The number of carbonyl (C=O) groups is 1. The molecule has 1 aromatic heterocycles. The molecule has 0 fully saturated rings. The number of nitrogen functional groups attached to an aromatic ring is 1. The van der Waals surface area contributed by atoms with E-state index in [-0.39, 0.29) is 17.4 Å². The number of carbonyl (C=O) groups excluding carboxylic acids is 1. The van der Waals surface area contributed by atoms with Gasteiger partial charge in [-0.05, 0) is 48.7 Å². The summed E-state index contributed by atoms with van der Waals surface area (Å²) in [6, 6.07) is 13.5. The van der Waals surface area contributed by atoms with E-state index in [2.05, 4.69) is 31.6 Å². The summed E-state index contributed by atoms with van der Waals surface area (Å²) in [4.78, 5) is 12.5. The quantitative estimate of drug-likeness (QED) is 0.702. The Morgan fingerprint density at radius 3 is 2.64 bits per heavy atom. The number of hydrogen-bond acceptors (Lipinski definition) is 4. The van der Waals surface area contributed by atoms with Crippen LogP contribution >= 0.6 is 15.9 Å². The fourth-order valence-electron chi connectivity index (χ4n) is 2.43. The molecule has 0 spiro atoms. The van der Waals surface area contributed by atoms with Crippen molar-refractivity contribution in [2.45, 2.75) is 20.4 Å². The van der Waals surface area contributed by atoms with E-state index in [1.165, 1.54) is 4.68 Å². The van der Waals surface area contributed by atoms with E-state index in [4.69, 9.17) is 5.73 Å². The van der Waals surface area contributed by atoms with Gasteiger partial charge >= 0.3 is 0 Å². The molecule has 7 heteroatoms. The highest BCUT2D eigenvalue weighted by molar-refractivity contribution is 9.10. The van der Waals surface area contributed by atoms with E-state index in [9.17, 15) is 4.79 Å². The maximum absolute atomic E-state index is 12.5. The molecule has 0 radical (unpaired) electrons. The number of aryl methyl sites for hydroxylation is 1. The van der Waals surface area contributed by atoms with Crippen LogP contribution < -0.4 is 11.1 Å². The van der Waals surface area contributed by atoms with Gasteiger partial charge in [-0.3, -0.25) is 4.79 Å². The summed E-state index contributed by atoms with van der Waals surface area (Å²) >= 11 is 3.40. The predicted molar refractivity (Wildman–Crippen MR) is 102 cm³/mol. The maximum Gasteiger partial charge on any atom is 0.280 e. The van der Waals surface area contributed by atoms with Crippen molar-refractivity contribution in [2.24, 2.45) is 0 Å². The highest BCUT2D eigenvalue weighted by Gasteiger charge is 2.18. The van der Waals surface area contributed by atoms with Crippen molar-refractivity contribution in [3.63, 3.8) is 0 Å². The Bertz CT molecular complexity index is 918. The Kier molecular flexibility index (Phi) is 4.85. The SMILES string of the molecule is Cc1cccc(NC(=O)c2nnn(Cc3ccc(Br)cc3)c2N)c1C. The minimum absolute atomic E-state index is 0.123. The Morgan fingerprint density at radius 2 is 1.92 bits per heavy atom. The summed E-state index contributed by atoms with van der Waals surface area (Å²) in [6.45, 7) is 4.40. The van der Waals surface area contributed by atoms with Crippen molar-refractivity contribution >= 4 is 33.3 Å². The third-order valence-electron chi connectivity index (χ3n) is 4.09. The molecular weight excluding hydrogens is 382 g/mol. The normalized spacial score (nSPS) is 10.7. The maximum atomic E-state index is 12.5. The van der Waals surface area contributed by atoms with Crippen LogP contribution in [-0.4, -0.2) is 20.9 Å². The molecule has 3 N–H and O–H groups in total. The van der Waals surface area contributed by atoms with Crippen LogP contribution in [0.2, 0.25) is 0 Å². The molecule has 0 bridgehead atoms. The Balaban J connectivity index is 1.79. The van der Waals surface area contributed by atoms with Crippen molar-refractivity contribution in [3.05, 3.63) is 69.3 Å². The second-order valence-electron chi connectivity index (χ2n) is 5.81. The molecule has 0 atom stereocenters. The molecule has 0 saturated carbocycles. The zero-order valence-electron chi connectivity index (χ0n) is 14.0. The molecule has 25 heavy (non-hydrogen) atoms. The summed E-state index contributed by atoms with van der Waals surface area (Å²) in [6.07, 6.45) is 0. The van der Waals surface area contributed by atoms with Crippen LogP contribution in [0.5, 0.6) is 0 Å². The molecule has 6 nitrogen and oxygen atoms in total. The van der Waals surface area contributed by atoms with Gasteiger partial charge < -0.3 is 11.1 Å². The lowest BCUT2D eigenvalue weighted by Gasteiger charge is -2.09. The average Bonchev–Trinajstić information content (AvgIpc) is 2.95. The van der Waals surface area contributed by atoms with Crippen LogP contribution in [-0.2, 0) is 6.54 Å². The van der Waals surface area contributed by atoms with Crippen molar-refractivity contribution in [1.82, 2.24) is 15.0 Å². The molecule has 2 aromatic carbocycles. The first-order valence-electron chi connectivity index (χ1n) is 7.76. The van der Waals surface area contributed by atoms with E-state index in [1.54, 1.807) is 0 Å². The van der Waals surface area contributed by atoms with Gasteiger partial charge in [0.15, 0.2) is 11.5 Å². The number of amides is 1. The number of benzene rings is 2. The number of hydrogen-bond donors (Lipinski definition) is 2. The molecule has 128 valence electrons. The van der Waals surface area contributed by atoms with E-state index in [0.717, 1.165) is 26.9 Å². The fourth-order valence-corrected chi connectivity index (χ4v) is 2.69. The molecule has 0 saturated heterocycles. The molecule has 0 aliphatic carbocycles. The number of nitrogens with one attached hydrogen (secondary N) is 1. The van der Waals surface area contributed by atoms with E-state index in [0.29, 0.717) is 6.54 Å². The van der Waals surface area contributed by atoms with Crippen LogP contribution in [0.4, 0.5) is 11.5 Å². The smallest absolute Gasteiger partial charge is 0.280 e. The molecule has 1 heterocycles. The first kappa shape index (κ1) is 17.2. The van der Waals surface area contributed by atoms with Gasteiger partial charge in [-0.1, -0.05) is 45.4 Å². The average molecular weight is 400 g/mol. The van der Waals surface area contributed by atoms with Crippen LogP contribution in [0.15, 0.2) is 46.9 Å². The molecule has 0 aliphatic heterocycles. The van der Waals surface area contributed by atoms with Crippen molar-refractivity contribution in [3.8, 4) is 0 Å². The van der Waals surface area contributed by atoms with Crippen LogP contribution in [0.3, 0.4) is 0 Å². The second-order valence-corrected chi connectivity index (χ2v) is 6.72. The first-order chi connectivity index (χ1) is 12.0. The minimum atomic E-state index is -0.367. The number of nitrogens with two attached hydrogens (primary N) is 1.